The van der Waals surface area contributed by atoms with Gasteiger partial charge in [-0.3, -0.25) is 4.79 Å². The van der Waals surface area contributed by atoms with Gasteiger partial charge in [0, 0.05) is 19.0 Å². The Morgan fingerprint density at radius 3 is 2.35 bits per heavy atom. The first-order valence-corrected chi connectivity index (χ1v) is 6.27. The molecule has 0 atom stereocenters. The van der Waals surface area contributed by atoms with Crippen LogP contribution >= 0.6 is 0 Å². The molecule has 0 aliphatic rings. The fraction of sp³-hybridized carbons (Fsp3) is 0.533. The monoisotopic (exact) mass is 233 g/mol. The summed E-state index contributed by atoms with van der Waals surface area (Å²) in [6, 6.07) is 10.1. The highest BCUT2D eigenvalue weighted by atomic mass is 16.2. The molecule has 94 valence electrons. The summed E-state index contributed by atoms with van der Waals surface area (Å²) < 4.78 is 0. The van der Waals surface area contributed by atoms with Gasteiger partial charge in [-0.1, -0.05) is 57.5 Å². The van der Waals surface area contributed by atoms with Crippen molar-refractivity contribution in [3.05, 3.63) is 35.9 Å². The maximum Gasteiger partial charge on any atom is 0.228 e. The van der Waals surface area contributed by atoms with Gasteiger partial charge in [-0.25, -0.2) is 0 Å². The number of carbonyl (C=O) groups excluding carboxylic acids is 1. The third-order valence-electron chi connectivity index (χ3n) is 3.06. The van der Waals surface area contributed by atoms with Crippen molar-refractivity contribution < 1.29 is 4.79 Å². The maximum atomic E-state index is 12.3. The third-order valence-corrected chi connectivity index (χ3v) is 3.06. The van der Waals surface area contributed by atoms with Gasteiger partial charge in [-0.15, -0.1) is 0 Å². The summed E-state index contributed by atoms with van der Waals surface area (Å²) in [4.78, 5) is 14.1. The molecule has 0 bridgehead atoms. The predicted molar refractivity (Wildman–Crippen MR) is 71.6 cm³/mol. The van der Waals surface area contributed by atoms with Gasteiger partial charge in [0.25, 0.3) is 0 Å². The molecule has 1 aromatic rings. The first-order valence-electron chi connectivity index (χ1n) is 6.27. The van der Waals surface area contributed by atoms with Gasteiger partial charge in [-0.05, 0) is 12.0 Å². The second kappa shape index (κ2) is 5.85. The Balaban J connectivity index is 2.65. The molecule has 0 unspecified atom stereocenters. The van der Waals surface area contributed by atoms with Crippen LogP contribution in [0.3, 0.4) is 0 Å². The number of benzene rings is 1. The van der Waals surface area contributed by atoms with Crippen molar-refractivity contribution in [3.63, 3.8) is 0 Å². The quantitative estimate of drug-likeness (QED) is 0.762. The van der Waals surface area contributed by atoms with Crippen LogP contribution in [-0.4, -0.2) is 17.9 Å². The van der Waals surface area contributed by atoms with Crippen molar-refractivity contribution in [2.24, 2.45) is 5.41 Å². The highest BCUT2D eigenvalue weighted by molar-refractivity contribution is 5.81. The van der Waals surface area contributed by atoms with Crippen molar-refractivity contribution in [1.29, 1.82) is 0 Å². The van der Waals surface area contributed by atoms with E-state index in [0.29, 0.717) is 6.54 Å². The van der Waals surface area contributed by atoms with Crippen LogP contribution in [0.15, 0.2) is 30.3 Å². The van der Waals surface area contributed by atoms with E-state index in [0.717, 1.165) is 12.8 Å². The molecule has 0 aliphatic heterocycles. The molecular formula is C15H23NO. The van der Waals surface area contributed by atoms with E-state index in [9.17, 15) is 4.79 Å². The molecule has 0 fully saturated rings. The van der Waals surface area contributed by atoms with E-state index in [-0.39, 0.29) is 11.3 Å². The van der Waals surface area contributed by atoms with Crippen LogP contribution in [0.1, 0.15) is 39.2 Å². The van der Waals surface area contributed by atoms with E-state index in [1.54, 1.807) is 0 Å². The molecule has 0 radical (unpaired) electrons. The first kappa shape index (κ1) is 13.8. The lowest BCUT2D eigenvalue weighted by Gasteiger charge is -2.29. The summed E-state index contributed by atoms with van der Waals surface area (Å²) >= 11 is 0. The van der Waals surface area contributed by atoms with Gasteiger partial charge >= 0.3 is 0 Å². The lowest BCUT2D eigenvalue weighted by Crippen LogP contribution is -2.37. The third kappa shape index (κ3) is 3.88. The van der Waals surface area contributed by atoms with Gasteiger partial charge in [0.15, 0.2) is 0 Å². The lowest BCUT2D eigenvalue weighted by molar-refractivity contribution is -0.139. The molecule has 1 rings (SSSR count). The van der Waals surface area contributed by atoms with Crippen LogP contribution in [0.4, 0.5) is 0 Å². The van der Waals surface area contributed by atoms with Crippen molar-refractivity contribution in [2.75, 3.05) is 7.05 Å². The summed E-state index contributed by atoms with van der Waals surface area (Å²) in [5, 5.41) is 0. The molecule has 2 nitrogen and oxygen atoms in total. The Bertz CT molecular complexity index is 356. The number of amides is 1. The van der Waals surface area contributed by atoms with Crippen LogP contribution in [0.5, 0.6) is 0 Å². The highest BCUT2D eigenvalue weighted by Crippen LogP contribution is 2.25. The van der Waals surface area contributed by atoms with Gasteiger partial charge in [0.1, 0.15) is 0 Å². The van der Waals surface area contributed by atoms with Crippen LogP contribution in [-0.2, 0) is 11.3 Å². The minimum Gasteiger partial charge on any atom is -0.341 e. The molecular weight excluding hydrogens is 210 g/mol. The van der Waals surface area contributed by atoms with E-state index < -0.39 is 0 Å². The Labute approximate surface area is 105 Å². The number of carbonyl (C=O) groups is 1. The Kier molecular flexibility index (Phi) is 4.73. The topological polar surface area (TPSA) is 20.3 Å². The SMILES string of the molecule is CCCC(C)(C)C(=O)N(C)Cc1ccccc1. The molecule has 0 saturated heterocycles. The van der Waals surface area contributed by atoms with Crippen molar-refractivity contribution in [3.8, 4) is 0 Å². The second-order valence-corrected chi connectivity index (χ2v) is 5.28. The maximum absolute atomic E-state index is 12.3. The van der Waals surface area contributed by atoms with E-state index in [4.69, 9.17) is 0 Å². The molecule has 2 heteroatoms. The van der Waals surface area contributed by atoms with Crippen molar-refractivity contribution in [2.45, 2.75) is 40.2 Å². The molecule has 0 aromatic heterocycles. The lowest BCUT2D eigenvalue weighted by atomic mass is 9.86. The molecule has 17 heavy (non-hydrogen) atoms. The van der Waals surface area contributed by atoms with Crippen molar-refractivity contribution in [1.82, 2.24) is 4.90 Å². The van der Waals surface area contributed by atoms with E-state index >= 15 is 0 Å². The smallest absolute Gasteiger partial charge is 0.228 e. The second-order valence-electron chi connectivity index (χ2n) is 5.28. The molecule has 1 aromatic carbocycles. The van der Waals surface area contributed by atoms with Gasteiger partial charge < -0.3 is 4.90 Å². The number of hydrogen-bond acceptors (Lipinski definition) is 1. The molecule has 0 aliphatic carbocycles. The van der Waals surface area contributed by atoms with E-state index in [2.05, 4.69) is 19.1 Å². The molecule has 0 N–H and O–H groups in total. The Morgan fingerprint density at radius 2 is 1.82 bits per heavy atom. The van der Waals surface area contributed by atoms with Crippen LogP contribution < -0.4 is 0 Å². The average molecular weight is 233 g/mol. The van der Waals surface area contributed by atoms with Crippen LogP contribution in [0, 0.1) is 5.41 Å². The molecule has 0 spiro atoms. The standard InChI is InChI=1S/C15H23NO/c1-5-11-15(2,3)14(17)16(4)12-13-9-7-6-8-10-13/h6-10H,5,11-12H2,1-4H3. The highest BCUT2D eigenvalue weighted by Gasteiger charge is 2.29. The fourth-order valence-electron chi connectivity index (χ4n) is 2.18. The Morgan fingerprint density at radius 1 is 1.24 bits per heavy atom. The number of rotatable bonds is 5. The zero-order valence-corrected chi connectivity index (χ0v) is 11.4. The molecule has 0 saturated carbocycles. The summed E-state index contributed by atoms with van der Waals surface area (Å²) in [6.07, 6.45) is 1.98. The van der Waals surface area contributed by atoms with Crippen molar-refractivity contribution >= 4 is 5.91 Å². The van der Waals surface area contributed by atoms with Crippen LogP contribution in [0.2, 0.25) is 0 Å². The average Bonchev–Trinajstić information content (AvgIpc) is 2.29. The minimum absolute atomic E-state index is 0.225. The molecule has 0 heterocycles. The minimum atomic E-state index is -0.252. The largest absolute Gasteiger partial charge is 0.341 e. The zero-order valence-electron chi connectivity index (χ0n) is 11.4. The predicted octanol–water partition coefficient (Wildman–Crippen LogP) is 3.47. The van der Waals surface area contributed by atoms with E-state index in [1.165, 1.54) is 5.56 Å². The Hall–Kier alpha value is -1.31. The number of nitrogens with zero attached hydrogens (tertiary/aromatic N) is 1. The summed E-state index contributed by atoms with van der Waals surface area (Å²) in [6.45, 7) is 6.86. The molecule has 1 amide bonds. The van der Waals surface area contributed by atoms with Gasteiger partial charge in [0.05, 0.1) is 0 Å². The summed E-state index contributed by atoms with van der Waals surface area (Å²) in [5.74, 6) is 0.225. The first-order chi connectivity index (χ1) is 7.97. The summed E-state index contributed by atoms with van der Waals surface area (Å²) in [5.41, 5.74) is 0.925. The fourth-order valence-corrected chi connectivity index (χ4v) is 2.18. The normalized spacial score (nSPS) is 11.3. The number of hydrogen-bond donors (Lipinski definition) is 0. The zero-order chi connectivity index (χ0) is 12.9. The van der Waals surface area contributed by atoms with Gasteiger partial charge in [-0.2, -0.15) is 0 Å². The van der Waals surface area contributed by atoms with Crippen LogP contribution in [0.25, 0.3) is 0 Å². The van der Waals surface area contributed by atoms with Gasteiger partial charge in [0.2, 0.25) is 5.91 Å². The van der Waals surface area contributed by atoms with E-state index in [1.807, 2.05) is 44.0 Å². The summed E-state index contributed by atoms with van der Waals surface area (Å²) in [7, 11) is 1.88.